The summed E-state index contributed by atoms with van der Waals surface area (Å²) >= 11 is 0. The van der Waals surface area contributed by atoms with E-state index in [1.165, 1.54) is 5.56 Å². The second kappa shape index (κ2) is 10.7. The number of allylic oxidation sites excluding steroid dienone is 2. The van der Waals surface area contributed by atoms with Gasteiger partial charge in [0.25, 0.3) is 0 Å². The van der Waals surface area contributed by atoms with Crippen molar-refractivity contribution in [1.29, 1.82) is 0 Å². The summed E-state index contributed by atoms with van der Waals surface area (Å²) in [4.78, 5) is 4.91. The third-order valence-electron chi connectivity index (χ3n) is 5.90. The van der Waals surface area contributed by atoms with E-state index >= 15 is 0 Å². The Morgan fingerprint density at radius 2 is 1.66 bits per heavy atom. The molecule has 0 aliphatic rings. The third kappa shape index (κ3) is 5.41. The zero-order chi connectivity index (χ0) is 23.9. The Labute approximate surface area is 204 Å². The van der Waals surface area contributed by atoms with Gasteiger partial charge in [0.2, 0.25) is 5.82 Å². The number of nitrogens with one attached hydrogen (secondary N) is 1. The Balaban J connectivity index is 1.44. The van der Waals surface area contributed by atoms with Gasteiger partial charge in [0.15, 0.2) is 5.82 Å². The molecule has 1 N–H and O–H groups in total. The first kappa shape index (κ1) is 22.4. The van der Waals surface area contributed by atoms with Crippen LogP contribution in [-0.2, 0) is 25.8 Å². The average Bonchev–Trinajstić information content (AvgIpc) is 3.58. The molecular formula is C28H27N7. The number of nitrogens with zero attached hydrogens (tertiary/aromatic N) is 6. The third-order valence-corrected chi connectivity index (χ3v) is 5.90. The van der Waals surface area contributed by atoms with Gasteiger partial charge in [0.1, 0.15) is 5.82 Å². The van der Waals surface area contributed by atoms with E-state index in [0.717, 1.165) is 46.7 Å². The molecule has 2 aromatic heterocycles. The predicted octanol–water partition coefficient (Wildman–Crippen LogP) is 5.08. The van der Waals surface area contributed by atoms with Crippen LogP contribution in [0.3, 0.4) is 0 Å². The molecule has 5 aromatic rings. The fourth-order valence-corrected chi connectivity index (χ4v) is 4.13. The molecule has 0 radical (unpaired) electrons. The van der Waals surface area contributed by atoms with E-state index in [0.29, 0.717) is 18.8 Å². The van der Waals surface area contributed by atoms with Crippen LogP contribution in [0.25, 0.3) is 22.5 Å². The number of rotatable bonds is 9. The average molecular weight is 462 g/mol. The Morgan fingerprint density at radius 1 is 0.857 bits per heavy atom. The smallest absolute Gasteiger partial charge is 0.205 e. The van der Waals surface area contributed by atoms with E-state index in [4.69, 9.17) is 10.1 Å². The minimum Gasteiger partial charge on any atom is -0.246 e. The van der Waals surface area contributed by atoms with Gasteiger partial charge < -0.3 is 0 Å². The summed E-state index contributed by atoms with van der Waals surface area (Å²) in [5, 5.41) is 19.7. The molecule has 0 spiro atoms. The summed E-state index contributed by atoms with van der Waals surface area (Å²) in [6.07, 6.45) is 6.53. The lowest BCUT2D eigenvalue weighted by atomic mass is 9.96. The maximum Gasteiger partial charge on any atom is 0.205 e. The van der Waals surface area contributed by atoms with Crippen LogP contribution in [-0.4, -0.2) is 35.4 Å². The van der Waals surface area contributed by atoms with Gasteiger partial charge in [-0.1, -0.05) is 84.9 Å². The monoisotopic (exact) mass is 461 g/mol. The van der Waals surface area contributed by atoms with E-state index in [1.54, 1.807) is 0 Å². The first-order valence-electron chi connectivity index (χ1n) is 11.8. The van der Waals surface area contributed by atoms with E-state index in [1.807, 2.05) is 41.9 Å². The van der Waals surface area contributed by atoms with Crippen molar-refractivity contribution < 1.29 is 0 Å². The van der Waals surface area contributed by atoms with Crippen LogP contribution in [0.2, 0.25) is 0 Å². The highest BCUT2D eigenvalue weighted by Crippen LogP contribution is 2.31. The van der Waals surface area contributed by atoms with Gasteiger partial charge in [0.05, 0.1) is 6.54 Å². The standard InChI is InChI=1S/C28H27N7/c1-2-3-18-35-27(29-26(32-35)17-15-21-10-6-4-7-11-21)20-22-14-16-24(23-12-8-5-9-13-23)25(19-22)28-30-33-34-31-28/h2-14,16,19H,15,17-18,20H2,1H3,(H,30,31,33,34). The summed E-state index contributed by atoms with van der Waals surface area (Å²) < 4.78 is 2.00. The van der Waals surface area contributed by atoms with Crippen molar-refractivity contribution in [2.45, 2.75) is 32.7 Å². The van der Waals surface area contributed by atoms with E-state index in [9.17, 15) is 0 Å². The summed E-state index contributed by atoms with van der Waals surface area (Å²) in [5.74, 6) is 2.38. The van der Waals surface area contributed by atoms with Gasteiger partial charge in [-0.2, -0.15) is 10.3 Å². The molecule has 2 heterocycles. The maximum atomic E-state index is 4.91. The zero-order valence-corrected chi connectivity index (χ0v) is 19.7. The number of aromatic nitrogens is 7. The Morgan fingerprint density at radius 3 is 2.40 bits per heavy atom. The number of H-pyrrole nitrogens is 1. The zero-order valence-electron chi connectivity index (χ0n) is 19.7. The van der Waals surface area contributed by atoms with Crippen molar-refractivity contribution in [2.75, 3.05) is 0 Å². The van der Waals surface area contributed by atoms with Crippen molar-refractivity contribution in [3.63, 3.8) is 0 Å². The Kier molecular flexibility index (Phi) is 6.84. The van der Waals surface area contributed by atoms with Crippen molar-refractivity contribution in [2.24, 2.45) is 0 Å². The van der Waals surface area contributed by atoms with Gasteiger partial charge in [-0.05, 0) is 46.9 Å². The van der Waals surface area contributed by atoms with Gasteiger partial charge in [-0.25, -0.2) is 9.67 Å². The van der Waals surface area contributed by atoms with Crippen molar-refractivity contribution >= 4 is 0 Å². The first-order valence-corrected chi connectivity index (χ1v) is 11.8. The number of aryl methyl sites for hydroxylation is 2. The maximum absolute atomic E-state index is 4.91. The Bertz CT molecular complexity index is 1390. The molecule has 7 heteroatoms. The molecule has 0 saturated carbocycles. The van der Waals surface area contributed by atoms with Crippen LogP contribution < -0.4 is 0 Å². The molecule has 174 valence electrons. The molecule has 3 aromatic carbocycles. The minimum atomic E-state index is 0.574. The summed E-state index contributed by atoms with van der Waals surface area (Å²) in [5.41, 5.74) is 5.52. The molecule has 0 unspecified atom stereocenters. The number of aromatic amines is 1. The highest BCUT2D eigenvalue weighted by Gasteiger charge is 2.15. The molecule has 5 rings (SSSR count). The molecule has 0 amide bonds. The Hall–Kier alpha value is -4.39. The molecule has 0 atom stereocenters. The molecule has 0 bridgehead atoms. The van der Waals surface area contributed by atoms with Crippen molar-refractivity contribution in [3.05, 3.63) is 114 Å². The van der Waals surface area contributed by atoms with E-state index < -0.39 is 0 Å². The lowest BCUT2D eigenvalue weighted by Crippen LogP contribution is -2.05. The minimum absolute atomic E-state index is 0.574. The second-order valence-electron chi connectivity index (χ2n) is 8.34. The largest absolute Gasteiger partial charge is 0.246 e. The number of hydrogen-bond donors (Lipinski definition) is 1. The van der Waals surface area contributed by atoms with Gasteiger partial charge in [0, 0.05) is 18.4 Å². The summed E-state index contributed by atoms with van der Waals surface area (Å²) in [6.45, 7) is 2.72. The quantitative estimate of drug-likeness (QED) is 0.310. The molecule has 35 heavy (non-hydrogen) atoms. The molecule has 7 nitrogen and oxygen atoms in total. The SMILES string of the molecule is CC=CCn1nc(CCc2ccccc2)nc1Cc1ccc(-c2ccccc2)c(-c2nn[nH]n2)c1. The number of benzene rings is 3. The molecule has 0 aliphatic carbocycles. The predicted molar refractivity (Wildman–Crippen MR) is 137 cm³/mol. The molecule has 0 fully saturated rings. The van der Waals surface area contributed by atoms with Crippen LogP contribution in [0.15, 0.2) is 91.0 Å². The van der Waals surface area contributed by atoms with Gasteiger partial charge in [-0.3, -0.25) is 0 Å². The second-order valence-corrected chi connectivity index (χ2v) is 8.34. The normalized spacial score (nSPS) is 11.3. The van der Waals surface area contributed by atoms with Crippen LogP contribution >= 0.6 is 0 Å². The van der Waals surface area contributed by atoms with E-state index in [-0.39, 0.29) is 0 Å². The highest BCUT2D eigenvalue weighted by molar-refractivity contribution is 5.80. The highest BCUT2D eigenvalue weighted by atomic mass is 15.5. The molecule has 0 saturated heterocycles. The van der Waals surface area contributed by atoms with Gasteiger partial charge >= 0.3 is 0 Å². The number of tetrazole rings is 1. The van der Waals surface area contributed by atoms with Crippen LogP contribution in [0.1, 0.15) is 29.7 Å². The molecule has 0 aliphatic heterocycles. The van der Waals surface area contributed by atoms with Gasteiger partial charge in [-0.15, -0.1) is 10.2 Å². The fraction of sp³-hybridized carbons (Fsp3) is 0.179. The van der Waals surface area contributed by atoms with Crippen molar-refractivity contribution in [3.8, 4) is 22.5 Å². The summed E-state index contributed by atoms with van der Waals surface area (Å²) in [6, 6.07) is 27.1. The summed E-state index contributed by atoms with van der Waals surface area (Å²) in [7, 11) is 0. The van der Waals surface area contributed by atoms with E-state index in [2.05, 4.69) is 81.3 Å². The molecular weight excluding hydrogens is 434 g/mol. The van der Waals surface area contributed by atoms with Crippen LogP contribution in [0.5, 0.6) is 0 Å². The lowest BCUT2D eigenvalue weighted by molar-refractivity contribution is 0.651. The van der Waals surface area contributed by atoms with Crippen LogP contribution in [0.4, 0.5) is 0 Å². The number of hydrogen-bond acceptors (Lipinski definition) is 5. The first-order chi connectivity index (χ1) is 17.3. The van der Waals surface area contributed by atoms with Crippen molar-refractivity contribution in [1.82, 2.24) is 35.4 Å². The fourth-order valence-electron chi connectivity index (χ4n) is 4.13. The van der Waals surface area contributed by atoms with Crippen LogP contribution in [0, 0.1) is 0 Å². The lowest BCUT2D eigenvalue weighted by Gasteiger charge is -2.10. The topological polar surface area (TPSA) is 85.2 Å².